The van der Waals surface area contributed by atoms with Crippen molar-refractivity contribution >= 4 is 21.9 Å². The Morgan fingerprint density at radius 3 is 2.50 bits per heavy atom. The highest BCUT2D eigenvalue weighted by Crippen LogP contribution is 2.22. The van der Waals surface area contributed by atoms with Gasteiger partial charge in [0.15, 0.2) is 0 Å². The Kier molecular flexibility index (Phi) is 6.80. The van der Waals surface area contributed by atoms with Crippen LogP contribution in [0, 0.1) is 11.8 Å². The van der Waals surface area contributed by atoms with Crippen molar-refractivity contribution in [3.8, 4) is 0 Å². The number of hydrogen-bond acceptors (Lipinski definition) is 4. The van der Waals surface area contributed by atoms with Crippen LogP contribution in [0.1, 0.15) is 33.6 Å². The van der Waals surface area contributed by atoms with E-state index < -0.39 is 21.9 Å². The van der Waals surface area contributed by atoms with Crippen molar-refractivity contribution in [3.63, 3.8) is 0 Å². The molecule has 0 aromatic carbocycles. The number of carboxylic acids is 1. The van der Waals surface area contributed by atoms with Gasteiger partial charge in [0, 0.05) is 19.6 Å². The monoisotopic (exact) mass is 334 g/mol. The fourth-order valence-electron chi connectivity index (χ4n) is 2.67. The summed E-state index contributed by atoms with van der Waals surface area (Å²) < 4.78 is 25.3. The fraction of sp³-hybridized carbons (Fsp3) is 0.857. The number of carboxylic acid groups (broad SMARTS) is 1. The average Bonchev–Trinajstić information content (AvgIpc) is 2.45. The Morgan fingerprint density at radius 1 is 1.36 bits per heavy atom. The second kappa shape index (κ2) is 7.92. The van der Waals surface area contributed by atoms with Gasteiger partial charge >= 0.3 is 5.97 Å². The number of sulfonamides is 1. The molecule has 1 rings (SSSR count). The van der Waals surface area contributed by atoms with Gasteiger partial charge in [0.2, 0.25) is 15.9 Å². The van der Waals surface area contributed by atoms with Gasteiger partial charge in [0.1, 0.15) is 6.54 Å². The largest absolute Gasteiger partial charge is 0.480 e. The fourth-order valence-corrected chi connectivity index (χ4v) is 3.85. The van der Waals surface area contributed by atoms with E-state index in [0.29, 0.717) is 25.9 Å². The van der Waals surface area contributed by atoms with E-state index in [0.717, 1.165) is 0 Å². The summed E-state index contributed by atoms with van der Waals surface area (Å²) in [5.41, 5.74) is 0. The zero-order valence-electron chi connectivity index (χ0n) is 13.5. The van der Waals surface area contributed by atoms with Crippen LogP contribution in [0.5, 0.6) is 0 Å². The van der Waals surface area contributed by atoms with Crippen LogP contribution in [0.3, 0.4) is 0 Å². The van der Waals surface area contributed by atoms with Crippen molar-refractivity contribution in [1.82, 2.24) is 9.21 Å². The van der Waals surface area contributed by atoms with Gasteiger partial charge in [-0.05, 0) is 25.7 Å². The first kappa shape index (κ1) is 18.9. The lowest BCUT2D eigenvalue weighted by Crippen LogP contribution is -2.48. The predicted octanol–water partition coefficient (Wildman–Crippen LogP) is 0.617. The second-order valence-electron chi connectivity index (χ2n) is 6.10. The molecule has 1 aliphatic rings. The number of hydrogen-bond donors (Lipinski definition) is 1. The summed E-state index contributed by atoms with van der Waals surface area (Å²) in [7, 11) is -3.31. The average molecular weight is 334 g/mol. The van der Waals surface area contributed by atoms with Crippen LogP contribution in [0.2, 0.25) is 0 Å². The quantitative estimate of drug-likeness (QED) is 0.736. The third-order valence-corrected chi connectivity index (χ3v) is 5.56. The van der Waals surface area contributed by atoms with Gasteiger partial charge in [-0.3, -0.25) is 9.59 Å². The minimum atomic E-state index is -3.31. The van der Waals surface area contributed by atoms with E-state index >= 15 is 0 Å². The van der Waals surface area contributed by atoms with Gasteiger partial charge in [-0.1, -0.05) is 13.8 Å². The summed E-state index contributed by atoms with van der Waals surface area (Å²) in [6.07, 6.45) is 1.22. The third kappa shape index (κ3) is 5.24. The molecule has 0 spiro atoms. The number of nitrogens with zero attached hydrogens (tertiary/aromatic N) is 2. The van der Waals surface area contributed by atoms with Crippen molar-refractivity contribution < 1.29 is 23.1 Å². The van der Waals surface area contributed by atoms with Gasteiger partial charge in [-0.2, -0.15) is 0 Å². The van der Waals surface area contributed by atoms with Gasteiger partial charge in [-0.25, -0.2) is 12.7 Å². The molecule has 1 heterocycles. The highest BCUT2D eigenvalue weighted by Gasteiger charge is 2.34. The van der Waals surface area contributed by atoms with Crippen molar-refractivity contribution in [1.29, 1.82) is 0 Å². The molecule has 1 N–H and O–H groups in total. The molecule has 0 bridgehead atoms. The van der Waals surface area contributed by atoms with E-state index in [4.69, 9.17) is 5.11 Å². The van der Waals surface area contributed by atoms with Crippen molar-refractivity contribution in [2.75, 3.05) is 31.9 Å². The van der Waals surface area contributed by atoms with Crippen molar-refractivity contribution in [2.24, 2.45) is 11.8 Å². The zero-order valence-corrected chi connectivity index (χ0v) is 14.3. The molecular formula is C14H26N2O5S. The molecule has 8 heteroatoms. The zero-order chi connectivity index (χ0) is 16.9. The van der Waals surface area contributed by atoms with E-state index in [-0.39, 0.29) is 30.7 Å². The number of carbonyl (C=O) groups is 2. The Morgan fingerprint density at radius 2 is 2.00 bits per heavy atom. The minimum Gasteiger partial charge on any atom is -0.480 e. The SMILES string of the molecule is CCS(=O)(=O)N1CCCC(C(=O)N(CC(=O)O)CC(C)C)C1. The molecule has 128 valence electrons. The summed E-state index contributed by atoms with van der Waals surface area (Å²) in [6.45, 7) is 6.02. The second-order valence-corrected chi connectivity index (χ2v) is 8.36. The molecule has 0 aromatic rings. The lowest BCUT2D eigenvalue weighted by atomic mass is 9.97. The number of carbonyl (C=O) groups excluding carboxylic acids is 1. The van der Waals surface area contributed by atoms with Crippen molar-refractivity contribution in [3.05, 3.63) is 0 Å². The molecule has 1 amide bonds. The van der Waals surface area contributed by atoms with Crippen LogP contribution in [-0.2, 0) is 19.6 Å². The summed E-state index contributed by atoms with van der Waals surface area (Å²) in [4.78, 5) is 24.9. The summed E-state index contributed by atoms with van der Waals surface area (Å²) >= 11 is 0. The van der Waals surface area contributed by atoms with Crippen LogP contribution in [0.4, 0.5) is 0 Å². The highest BCUT2D eigenvalue weighted by atomic mass is 32.2. The maximum atomic E-state index is 12.6. The molecular weight excluding hydrogens is 308 g/mol. The van der Waals surface area contributed by atoms with E-state index in [1.807, 2.05) is 13.8 Å². The topological polar surface area (TPSA) is 95.0 Å². The molecule has 0 radical (unpaired) electrons. The predicted molar refractivity (Wildman–Crippen MR) is 82.8 cm³/mol. The van der Waals surface area contributed by atoms with Gasteiger partial charge in [0.05, 0.1) is 11.7 Å². The Labute approximate surface area is 132 Å². The van der Waals surface area contributed by atoms with Crippen LogP contribution in [0.25, 0.3) is 0 Å². The standard InChI is InChI=1S/C14H26N2O5S/c1-4-22(20,21)16-7-5-6-12(9-16)14(19)15(8-11(2)3)10-13(17)18/h11-12H,4-10H2,1-3H3,(H,17,18). The molecule has 0 saturated carbocycles. The molecule has 7 nitrogen and oxygen atoms in total. The third-order valence-electron chi connectivity index (χ3n) is 3.71. The number of amides is 1. The van der Waals surface area contributed by atoms with Crippen LogP contribution < -0.4 is 0 Å². The molecule has 0 aliphatic carbocycles. The minimum absolute atomic E-state index is 0.0126. The first-order valence-corrected chi connectivity index (χ1v) is 9.26. The van der Waals surface area contributed by atoms with Crippen LogP contribution in [-0.4, -0.2) is 66.5 Å². The lowest BCUT2D eigenvalue weighted by molar-refractivity contribution is -0.147. The lowest BCUT2D eigenvalue weighted by Gasteiger charge is -2.34. The van der Waals surface area contributed by atoms with E-state index in [2.05, 4.69) is 0 Å². The summed E-state index contributed by atoms with van der Waals surface area (Å²) in [5.74, 6) is -1.59. The maximum Gasteiger partial charge on any atom is 0.323 e. The van der Waals surface area contributed by atoms with Crippen LogP contribution >= 0.6 is 0 Å². The molecule has 1 fully saturated rings. The first-order chi connectivity index (χ1) is 10.2. The maximum absolute atomic E-state index is 12.6. The molecule has 1 unspecified atom stereocenters. The highest BCUT2D eigenvalue weighted by molar-refractivity contribution is 7.89. The normalized spacial score (nSPS) is 20.1. The summed E-state index contributed by atoms with van der Waals surface area (Å²) in [5, 5.41) is 8.96. The van der Waals surface area contributed by atoms with E-state index in [1.165, 1.54) is 9.21 Å². The Balaban J connectivity index is 2.82. The molecule has 1 aliphatic heterocycles. The molecule has 1 atom stereocenters. The summed E-state index contributed by atoms with van der Waals surface area (Å²) in [6, 6.07) is 0. The first-order valence-electron chi connectivity index (χ1n) is 7.65. The van der Waals surface area contributed by atoms with Crippen LogP contribution in [0.15, 0.2) is 0 Å². The van der Waals surface area contributed by atoms with Crippen molar-refractivity contribution in [2.45, 2.75) is 33.6 Å². The Hall–Kier alpha value is -1.15. The van der Waals surface area contributed by atoms with E-state index in [1.54, 1.807) is 6.92 Å². The van der Waals surface area contributed by atoms with Gasteiger partial charge < -0.3 is 10.0 Å². The van der Waals surface area contributed by atoms with Gasteiger partial charge in [0.25, 0.3) is 0 Å². The molecule has 0 aromatic heterocycles. The molecule has 1 saturated heterocycles. The van der Waals surface area contributed by atoms with Gasteiger partial charge in [-0.15, -0.1) is 0 Å². The number of aliphatic carboxylic acids is 1. The number of rotatable bonds is 7. The number of piperidine rings is 1. The smallest absolute Gasteiger partial charge is 0.323 e. The van der Waals surface area contributed by atoms with E-state index in [9.17, 15) is 18.0 Å². The Bertz CT molecular complexity index is 503. The molecule has 22 heavy (non-hydrogen) atoms.